The number of fused-ring (bicyclic) bond motifs is 1. The Bertz CT molecular complexity index is 1600. The molecule has 2 saturated carbocycles. The second-order valence-corrected chi connectivity index (χ2v) is 16.6. The number of aliphatic hydroxyl groups excluding tert-OH is 2. The van der Waals surface area contributed by atoms with E-state index in [1.54, 1.807) is 44.2 Å². The summed E-state index contributed by atoms with van der Waals surface area (Å²) in [7, 11) is 0. The molecule has 0 radical (unpaired) electrons. The Balaban J connectivity index is 1.38. The van der Waals surface area contributed by atoms with Crippen molar-refractivity contribution in [1.29, 1.82) is 0 Å². The van der Waals surface area contributed by atoms with Gasteiger partial charge in [0.2, 0.25) is 0 Å². The van der Waals surface area contributed by atoms with Crippen molar-refractivity contribution in [3.05, 3.63) is 58.7 Å². The van der Waals surface area contributed by atoms with Crippen LogP contribution in [0.1, 0.15) is 78.2 Å². The van der Waals surface area contributed by atoms with E-state index in [-0.39, 0.29) is 23.5 Å². The van der Waals surface area contributed by atoms with E-state index in [9.17, 15) is 30.3 Å². The van der Waals surface area contributed by atoms with Gasteiger partial charge in [-0.25, -0.2) is 0 Å². The zero-order valence-electron chi connectivity index (χ0n) is 29.0. The van der Waals surface area contributed by atoms with Crippen molar-refractivity contribution in [3.8, 4) is 0 Å². The van der Waals surface area contributed by atoms with Crippen LogP contribution >= 0.6 is 11.6 Å². The van der Waals surface area contributed by atoms with Gasteiger partial charge in [0.05, 0.1) is 24.0 Å². The molecule has 274 valence electrons. The van der Waals surface area contributed by atoms with Gasteiger partial charge >= 0.3 is 11.9 Å². The number of ether oxygens (including phenoxy) is 5. The lowest BCUT2D eigenvalue weighted by Crippen LogP contribution is -2.88. The van der Waals surface area contributed by atoms with Gasteiger partial charge in [0.25, 0.3) is 0 Å². The molecule has 1 spiro atoms. The molecule has 5 aliphatic heterocycles. The lowest BCUT2D eigenvalue weighted by molar-refractivity contribution is -0.583. The third-order valence-electron chi connectivity index (χ3n) is 13.4. The van der Waals surface area contributed by atoms with Gasteiger partial charge in [-0.1, -0.05) is 94.8 Å². The highest BCUT2D eigenvalue weighted by Crippen LogP contribution is 2.74. The Hall–Kier alpha value is -1.90. The Morgan fingerprint density at radius 3 is 2.30 bits per heavy atom. The molecule has 5 saturated heterocycles. The minimum atomic E-state index is -2.39. The summed E-state index contributed by atoms with van der Waals surface area (Å²) in [6.07, 6.45) is 0.0959. The second-order valence-electron chi connectivity index (χ2n) is 16.4. The Morgan fingerprint density at radius 2 is 1.62 bits per heavy atom. The van der Waals surface area contributed by atoms with E-state index in [1.807, 2.05) is 13.0 Å². The third-order valence-corrected chi connectivity index (χ3v) is 13.6. The normalized spacial score (nSPS) is 53.6. The van der Waals surface area contributed by atoms with Gasteiger partial charge in [-0.2, -0.15) is 0 Å². The molecule has 50 heavy (non-hydrogen) atoms. The number of benzene rings is 1. The van der Waals surface area contributed by atoms with Crippen LogP contribution < -0.4 is 0 Å². The molecule has 1 aromatic rings. The van der Waals surface area contributed by atoms with Crippen molar-refractivity contribution >= 4 is 17.6 Å². The number of epoxide rings is 1. The fraction of sp³-hybridized carbons (Fsp3) is 0.711. The molecule has 5 N–H and O–H groups in total. The minimum Gasteiger partial charge on any atom is -0.454 e. The maximum Gasteiger partial charge on any atom is 0.313 e. The number of hydrogen-bond acceptors (Lipinski definition) is 11. The van der Waals surface area contributed by atoms with Crippen LogP contribution in [0.25, 0.3) is 0 Å². The number of esters is 1. The molecule has 3 aliphatic carbocycles. The molecule has 9 rings (SSSR count). The topological polar surface area (TPSA) is 168 Å². The van der Waals surface area contributed by atoms with E-state index in [0.29, 0.717) is 12.0 Å². The van der Waals surface area contributed by atoms with Crippen LogP contribution in [0.3, 0.4) is 0 Å². The lowest BCUT2D eigenvalue weighted by atomic mass is 9.50. The highest BCUT2D eigenvalue weighted by molar-refractivity contribution is 6.26. The summed E-state index contributed by atoms with van der Waals surface area (Å²) in [5.41, 5.74) is -7.47. The molecular formula is C38H49ClO11. The fourth-order valence-corrected chi connectivity index (χ4v) is 10.9. The maximum atomic E-state index is 13.7. The summed E-state index contributed by atoms with van der Waals surface area (Å²) in [6, 6.07) is 8.97. The molecule has 11 nitrogen and oxygen atoms in total. The zero-order valence-corrected chi connectivity index (χ0v) is 29.7. The molecule has 15 atom stereocenters. The molecule has 0 amide bonds. The number of rotatable bonds is 2. The molecule has 15 unspecified atom stereocenters. The predicted molar refractivity (Wildman–Crippen MR) is 178 cm³/mol. The quantitative estimate of drug-likeness (QED) is 0.225. The second kappa shape index (κ2) is 11.5. The van der Waals surface area contributed by atoms with Crippen molar-refractivity contribution in [1.82, 2.24) is 0 Å². The van der Waals surface area contributed by atoms with Crippen molar-refractivity contribution in [2.45, 2.75) is 137 Å². The first-order chi connectivity index (χ1) is 23.7. The van der Waals surface area contributed by atoms with Gasteiger partial charge < -0.3 is 49.2 Å². The average molecular weight is 717 g/mol. The van der Waals surface area contributed by atoms with Crippen molar-refractivity contribution < 1.29 is 54.0 Å². The van der Waals surface area contributed by atoms with Crippen LogP contribution in [0.15, 0.2) is 53.1 Å². The molecule has 1 aromatic carbocycles. The molecule has 0 aromatic heterocycles. The van der Waals surface area contributed by atoms with Crippen LogP contribution in [0.4, 0.5) is 0 Å². The van der Waals surface area contributed by atoms with E-state index in [2.05, 4.69) is 6.92 Å². The molecule has 8 bridgehead atoms. The summed E-state index contributed by atoms with van der Waals surface area (Å²) in [6.45, 7) is 6.56. The summed E-state index contributed by atoms with van der Waals surface area (Å²) in [4.78, 5) is 13.7. The summed E-state index contributed by atoms with van der Waals surface area (Å²) < 4.78 is 33.1. The highest BCUT2D eigenvalue weighted by atomic mass is 35.5. The number of halogens is 1. The van der Waals surface area contributed by atoms with Crippen LogP contribution in [0.5, 0.6) is 0 Å². The van der Waals surface area contributed by atoms with E-state index in [0.717, 1.165) is 32.1 Å². The largest absolute Gasteiger partial charge is 0.454 e. The lowest BCUT2D eigenvalue weighted by Gasteiger charge is -2.73. The summed E-state index contributed by atoms with van der Waals surface area (Å²) in [5.74, 6) is -4.75. The van der Waals surface area contributed by atoms with Gasteiger partial charge in [0.1, 0.15) is 41.2 Å². The van der Waals surface area contributed by atoms with Crippen molar-refractivity contribution in [3.63, 3.8) is 0 Å². The molecule has 7 fully saturated rings. The number of carbonyl (C=O) groups is 1. The standard InChI is InChI=1S/C38H49ClO11/c1-20-12-8-5-6-9-13-21(2)31(41)46-28-23(18-39)16-25-35(28,44)32(42)34(19-40)29(47-34)26-30-37(45,33(4,43)17-20)27-22(3)36(25,26)50-38(48-27,49-30)24-14-10-7-11-15-24/h7,10-11,14-16,18,20-22,26-30,32,40,42-45H,5-6,8-9,12-13,17,19H2,1-4H3. The van der Waals surface area contributed by atoms with E-state index >= 15 is 0 Å². The smallest absolute Gasteiger partial charge is 0.313 e. The van der Waals surface area contributed by atoms with Gasteiger partial charge in [-0.15, -0.1) is 0 Å². The fourth-order valence-electron chi connectivity index (χ4n) is 10.7. The monoisotopic (exact) mass is 716 g/mol. The Labute approximate surface area is 297 Å². The van der Waals surface area contributed by atoms with Gasteiger partial charge in [-0.05, 0) is 31.8 Å². The van der Waals surface area contributed by atoms with E-state index in [1.165, 1.54) is 5.54 Å². The van der Waals surface area contributed by atoms with Crippen molar-refractivity contribution in [2.24, 2.45) is 23.7 Å². The maximum absolute atomic E-state index is 13.7. The van der Waals surface area contributed by atoms with Gasteiger partial charge in [0, 0.05) is 28.2 Å². The number of hydrogen-bond donors (Lipinski definition) is 5. The van der Waals surface area contributed by atoms with Crippen molar-refractivity contribution in [2.75, 3.05) is 6.61 Å². The molecular weight excluding hydrogens is 668 g/mol. The molecule has 12 heteroatoms. The van der Waals surface area contributed by atoms with Crippen LogP contribution in [-0.2, 0) is 34.5 Å². The van der Waals surface area contributed by atoms with Gasteiger partial charge in [-0.3, -0.25) is 4.79 Å². The van der Waals surface area contributed by atoms with E-state index in [4.69, 9.17) is 35.3 Å². The average Bonchev–Trinajstić information content (AvgIpc) is 3.76. The predicted octanol–water partition coefficient (Wildman–Crippen LogP) is 3.32. The third kappa shape index (κ3) is 4.33. The minimum absolute atomic E-state index is 0.0234. The molecule has 5 heterocycles. The zero-order chi connectivity index (χ0) is 35.6. The Kier molecular flexibility index (Phi) is 8.12. The first kappa shape index (κ1) is 35.1. The highest BCUT2D eigenvalue weighted by Gasteiger charge is 2.90. The van der Waals surface area contributed by atoms with Crippen LogP contribution in [0, 0.1) is 23.7 Å². The van der Waals surface area contributed by atoms with Gasteiger partial charge in [0.15, 0.2) is 11.7 Å². The summed E-state index contributed by atoms with van der Waals surface area (Å²) in [5, 5.41) is 62.2. The van der Waals surface area contributed by atoms with Crippen LogP contribution in [0.2, 0.25) is 0 Å². The summed E-state index contributed by atoms with van der Waals surface area (Å²) >= 11 is 6.43. The van der Waals surface area contributed by atoms with Crippen LogP contribution in [-0.4, -0.2) is 96.6 Å². The Morgan fingerprint density at radius 1 is 0.940 bits per heavy atom. The molecule has 8 aliphatic rings. The number of aliphatic hydroxyl groups is 5. The van der Waals surface area contributed by atoms with E-state index < -0.39 is 94.8 Å². The SMILES string of the molecule is CC1CCCCCCC(C)C(=O)OC2C(=CCl)C=C3C2(O)C(O)C2(CO)OC2C2C4OC5(c6ccccc6)OC(C(C)C32O5)C4(O)C(C)(O)C1. The first-order valence-corrected chi connectivity index (χ1v) is 18.6. The number of carbonyl (C=O) groups excluding carboxylic acids is 1. The first-order valence-electron chi connectivity index (χ1n) is 18.2.